The molecule has 1 rings (SSSR count). The molecule has 2 N–H and O–H groups in total. The summed E-state index contributed by atoms with van der Waals surface area (Å²) in [6, 6.07) is -0.550. The van der Waals surface area contributed by atoms with E-state index in [9.17, 15) is 22.8 Å². The molecule has 9 heteroatoms. The summed E-state index contributed by atoms with van der Waals surface area (Å²) >= 11 is 0. The van der Waals surface area contributed by atoms with Crippen LogP contribution in [0.3, 0.4) is 0 Å². The lowest BCUT2D eigenvalue weighted by Gasteiger charge is -2.20. The number of hydrogen-bond donors (Lipinski definition) is 2. The van der Waals surface area contributed by atoms with Crippen molar-refractivity contribution in [2.45, 2.75) is 25.1 Å². The van der Waals surface area contributed by atoms with Crippen molar-refractivity contribution in [1.29, 1.82) is 0 Å². The molecule has 2 atom stereocenters. The highest BCUT2D eigenvalue weighted by molar-refractivity contribution is 5.77. The Balaban J connectivity index is 2.32. The van der Waals surface area contributed by atoms with Gasteiger partial charge < -0.3 is 20.1 Å². The van der Waals surface area contributed by atoms with Gasteiger partial charge in [-0.3, -0.25) is 4.79 Å². The van der Waals surface area contributed by atoms with E-state index in [1.807, 2.05) is 0 Å². The summed E-state index contributed by atoms with van der Waals surface area (Å²) in [6.07, 6.45) is -6.43. The van der Waals surface area contributed by atoms with Crippen molar-refractivity contribution in [3.05, 3.63) is 0 Å². The topological polar surface area (TPSA) is 78.9 Å². The first-order valence-corrected chi connectivity index (χ1v) is 6.10. The van der Waals surface area contributed by atoms with Gasteiger partial charge in [0.25, 0.3) is 0 Å². The zero-order valence-corrected chi connectivity index (χ0v) is 10.9. The van der Waals surface area contributed by atoms with E-state index in [0.717, 1.165) is 7.11 Å². The fourth-order valence-corrected chi connectivity index (χ4v) is 1.98. The van der Waals surface area contributed by atoms with Crippen LogP contribution < -0.4 is 5.32 Å². The number of nitrogens with zero attached hydrogens (tertiary/aromatic N) is 1. The number of aliphatic carboxylic acids is 1. The minimum Gasteiger partial charge on any atom is -0.481 e. The van der Waals surface area contributed by atoms with Gasteiger partial charge in [0.15, 0.2) is 6.10 Å². The molecule has 116 valence electrons. The number of alkyl halides is 3. The summed E-state index contributed by atoms with van der Waals surface area (Å²) < 4.78 is 41.4. The van der Waals surface area contributed by atoms with Crippen molar-refractivity contribution in [3.8, 4) is 0 Å². The van der Waals surface area contributed by atoms with Gasteiger partial charge in [0.2, 0.25) is 0 Å². The predicted octanol–water partition coefficient (Wildman–Crippen LogP) is 1.07. The quantitative estimate of drug-likeness (QED) is 0.796. The van der Waals surface area contributed by atoms with E-state index in [1.54, 1.807) is 0 Å². The van der Waals surface area contributed by atoms with Gasteiger partial charge in [0.1, 0.15) is 0 Å². The van der Waals surface area contributed by atoms with Crippen LogP contribution in [0.4, 0.5) is 18.0 Å². The number of amides is 2. The van der Waals surface area contributed by atoms with Crippen LogP contribution in [0.1, 0.15) is 12.8 Å². The Bertz CT molecular complexity index is 362. The summed E-state index contributed by atoms with van der Waals surface area (Å²) in [4.78, 5) is 23.6. The lowest BCUT2D eigenvalue weighted by atomic mass is 10.1. The molecule has 2 amide bonds. The number of ether oxygens (including phenoxy) is 1. The lowest BCUT2D eigenvalue weighted by molar-refractivity contribution is -0.213. The van der Waals surface area contributed by atoms with E-state index in [-0.39, 0.29) is 26.1 Å². The normalized spacial score (nSPS) is 20.8. The van der Waals surface area contributed by atoms with Gasteiger partial charge in [-0.15, -0.1) is 0 Å². The van der Waals surface area contributed by atoms with Crippen LogP contribution in [0.15, 0.2) is 0 Å². The van der Waals surface area contributed by atoms with Crippen LogP contribution in [-0.2, 0) is 9.53 Å². The molecular formula is C11H17F3N2O4. The molecule has 1 aliphatic heterocycles. The molecule has 1 aliphatic rings. The highest BCUT2D eigenvalue weighted by Crippen LogP contribution is 2.24. The third-order valence-electron chi connectivity index (χ3n) is 3.16. The molecule has 2 unspecified atom stereocenters. The van der Waals surface area contributed by atoms with Crippen LogP contribution in [0.25, 0.3) is 0 Å². The van der Waals surface area contributed by atoms with Crippen molar-refractivity contribution >= 4 is 12.0 Å². The lowest BCUT2D eigenvalue weighted by Crippen LogP contribution is -2.41. The van der Waals surface area contributed by atoms with Crippen molar-refractivity contribution in [1.82, 2.24) is 10.2 Å². The van der Waals surface area contributed by atoms with Crippen molar-refractivity contribution in [2.24, 2.45) is 5.92 Å². The highest BCUT2D eigenvalue weighted by atomic mass is 19.4. The van der Waals surface area contributed by atoms with E-state index in [4.69, 9.17) is 5.11 Å². The van der Waals surface area contributed by atoms with Gasteiger partial charge in [0.05, 0.1) is 5.92 Å². The Morgan fingerprint density at radius 3 is 2.60 bits per heavy atom. The van der Waals surface area contributed by atoms with E-state index in [0.29, 0.717) is 6.42 Å². The Morgan fingerprint density at radius 2 is 2.15 bits per heavy atom. The van der Waals surface area contributed by atoms with E-state index < -0.39 is 30.2 Å². The fraction of sp³-hybridized carbons (Fsp3) is 0.818. The number of carboxylic acid groups (broad SMARTS) is 1. The highest BCUT2D eigenvalue weighted by Gasteiger charge is 2.39. The number of urea groups is 1. The number of nitrogens with one attached hydrogen (secondary N) is 1. The number of likely N-dealkylation sites (tertiary alicyclic amines) is 1. The number of rotatable bonds is 5. The average Bonchev–Trinajstić information content (AvgIpc) is 2.82. The molecular weight excluding hydrogens is 281 g/mol. The van der Waals surface area contributed by atoms with Gasteiger partial charge >= 0.3 is 18.2 Å². The number of carboxylic acids is 1. The van der Waals surface area contributed by atoms with Crippen LogP contribution in [0.2, 0.25) is 0 Å². The van der Waals surface area contributed by atoms with Gasteiger partial charge in [0, 0.05) is 26.7 Å². The largest absolute Gasteiger partial charge is 0.481 e. The first-order chi connectivity index (χ1) is 9.25. The fourth-order valence-electron chi connectivity index (χ4n) is 1.98. The molecule has 0 bridgehead atoms. The number of halogens is 3. The number of hydrogen-bond acceptors (Lipinski definition) is 3. The zero-order valence-electron chi connectivity index (χ0n) is 10.9. The third kappa shape index (κ3) is 4.55. The third-order valence-corrected chi connectivity index (χ3v) is 3.16. The van der Waals surface area contributed by atoms with E-state index >= 15 is 0 Å². The Morgan fingerprint density at radius 1 is 1.50 bits per heavy atom. The maximum atomic E-state index is 12.4. The SMILES string of the molecule is COC(CCNC(=O)N1CCC(C(=O)O)C1)C(F)(F)F. The van der Waals surface area contributed by atoms with Gasteiger partial charge in [-0.2, -0.15) is 13.2 Å². The van der Waals surface area contributed by atoms with Crippen LogP contribution in [0.5, 0.6) is 0 Å². The molecule has 6 nitrogen and oxygen atoms in total. The van der Waals surface area contributed by atoms with Gasteiger partial charge in [-0.25, -0.2) is 4.79 Å². The molecule has 0 saturated carbocycles. The number of carbonyl (C=O) groups is 2. The molecule has 0 aromatic carbocycles. The molecule has 1 saturated heterocycles. The molecule has 0 aromatic rings. The molecule has 0 aliphatic carbocycles. The molecule has 1 fully saturated rings. The number of methoxy groups -OCH3 is 1. The van der Waals surface area contributed by atoms with Crippen molar-refractivity contribution in [2.75, 3.05) is 26.7 Å². The molecule has 0 aromatic heterocycles. The second-order valence-corrected chi connectivity index (χ2v) is 4.56. The minimum absolute atomic E-state index is 0.0775. The zero-order chi connectivity index (χ0) is 15.3. The summed E-state index contributed by atoms with van der Waals surface area (Å²) in [5, 5.41) is 11.1. The predicted molar refractivity (Wildman–Crippen MR) is 62.2 cm³/mol. The molecule has 20 heavy (non-hydrogen) atoms. The second kappa shape index (κ2) is 6.78. The van der Waals surface area contributed by atoms with Crippen molar-refractivity contribution < 1.29 is 32.6 Å². The second-order valence-electron chi connectivity index (χ2n) is 4.56. The maximum absolute atomic E-state index is 12.4. The Hall–Kier alpha value is -1.51. The summed E-state index contributed by atoms with van der Waals surface area (Å²) in [6.45, 7) is 0.176. The van der Waals surface area contributed by atoms with Crippen LogP contribution in [0, 0.1) is 5.92 Å². The standard InChI is InChI=1S/C11H17F3N2O4/c1-20-8(11(12,13)14)2-4-15-10(19)16-5-3-7(6-16)9(17)18/h7-8H,2-6H2,1H3,(H,15,19)(H,17,18). The molecule has 0 radical (unpaired) electrons. The summed E-state index contributed by atoms with van der Waals surface area (Å²) in [5.41, 5.74) is 0. The first-order valence-electron chi connectivity index (χ1n) is 6.10. The maximum Gasteiger partial charge on any atom is 0.414 e. The smallest absolute Gasteiger partial charge is 0.414 e. The Kier molecular flexibility index (Phi) is 5.61. The van der Waals surface area contributed by atoms with Gasteiger partial charge in [-0.05, 0) is 12.8 Å². The first kappa shape index (κ1) is 16.5. The molecule has 0 spiro atoms. The average molecular weight is 298 g/mol. The van der Waals surface area contributed by atoms with E-state index in [2.05, 4.69) is 10.1 Å². The Labute approximate surface area is 113 Å². The summed E-state index contributed by atoms with van der Waals surface area (Å²) in [5.74, 6) is -1.58. The monoisotopic (exact) mass is 298 g/mol. The molecule has 1 heterocycles. The van der Waals surface area contributed by atoms with Crippen LogP contribution >= 0.6 is 0 Å². The van der Waals surface area contributed by atoms with Crippen molar-refractivity contribution in [3.63, 3.8) is 0 Å². The minimum atomic E-state index is -4.47. The number of carbonyl (C=O) groups excluding carboxylic acids is 1. The summed E-state index contributed by atoms with van der Waals surface area (Å²) in [7, 11) is 0.956. The van der Waals surface area contributed by atoms with Gasteiger partial charge in [-0.1, -0.05) is 0 Å². The van der Waals surface area contributed by atoms with E-state index in [1.165, 1.54) is 4.90 Å². The van der Waals surface area contributed by atoms with Crippen LogP contribution in [-0.4, -0.2) is 61.0 Å².